The average Bonchev–Trinajstić information content (AvgIpc) is 2.49. The van der Waals surface area contributed by atoms with E-state index in [1.807, 2.05) is 6.92 Å². The van der Waals surface area contributed by atoms with E-state index in [0.29, 0.717) is 5.56 Å². The number of amides is 1. The number of nitrogens with one attached hydrogen (secondary N) is 2. The third kappa shape index (κ3) is 4.30. The molecular weight excluding hydrogens is 321 g/mol. The van der Waals surface area contributed by atoms with Crippen LogP contribution >= 0.6 is 12.2 Å². The van der Waals surface area contributed by atoms with E-state index in [-0.39, 0.29) is 16.5 Å². The van der Waals surface area contributed by atoms with Gasteiger partial charge in [-0.2, -0.15) is 0 Å². The number of hydrogen-bond donors (Lipinski definition) is 2. The number of anilines is 1. The van der Waals surface area contributed by atoms with Gasteiger partial charge in [0.05, 0.1) is 16.7 Å². The van der Waals surface area contributed by atoms with Crippen molar-refractivity contribution in [3.05, 3.63) is 69.5 Å². The van der Waals surface area contributed by atoms with Gasteiger partial charge in [-0.25, -0.2) is 4.39 Å². The van der Waals surface area contributed by atoms with E-state index in [1.54, 1.807) is 24.3 Å². The van der Waals surface area contributed by atoms with Gasteiger partial charge >= 0.3 is 0 Å². The number of carbonyl (C=O) groups is 1. The first-order valence-corrected chi connectivity index (χ1v) is 6.90. The lowest BCUT2D eigenvalue weighted by molar-refractivity contribution is -0.385. The van der Waals surface area contributed by atoms with Crippen molar-refractivity contribution in [2.75, 3.05) is 5.32 Å². The molecule has 2 N–H and O–H groups in total. The van der Waals surface area contributed by atoms with Crippen molar-refractivity contribution in [3.8, 4) is 0 Å². The Kier molecular flexibility index (Phi) is 4.97. The van der Waals surface area contributed by atoms with Crippen LogP contribution in [0.15, 0.2) is 42.5 Å². The lowest BCUT2D eigenvalue weighted by Gasteiger charge is -2.10. The second-order valence-corrected chi connectivity index (χ2v) is 5.10. The van der Waals surface area contributed by atoms with Crippen molar-refractivity contribution >= 4 is 34.6 Å². The predicted molar refractivity (Wildman–Crippen MR) is 87.9 cm³/mol. The van der Waals surface area contributed by atoms with Crippen LogP contribution in [-0.2, 0) is 0 Å². The van der Waals surface area contributed by atoms with Gasteiger partial charge in [0.15, 0.2) is 10.9 Å². The Labute approximate surface area is 136 Å². The van der Waals surface area contributed by atoms with E-state index in [4.69, 9.17) is 12.2 Å². The van der Waals surface area contributed by atoms with E-state index in [9.17, 15) is 19.3 Å². The molecule has 0 aliphatic heterocycles. The molecule has 0 heterocycles. The summed E-state index contributed by atoms with van der Waals surface area (Å²) in [5.41, 5.74) is 0.978. The summed E-state index contributed by atoms with van der Waals surface area (Å²) in [6.45, 7) is 1.89. The maximum absolute atomic E-state index is 13.7. The first kappa shape index (κ1) is 16.5. The third-order valence-corrected chi connectivity index (χ3v) is 3.16. The molecule has 0 atom stereocenters. The van der Waals surface area contributed by atoms with Gasteiger partial charge in [-0.1, -0.05) is 17.7 Å². The minimum absolute atomic E-state index is 0.0650. The van der Waals surface area contributed by atoms with E-state index in [2.05, 4.69) is 10.6 Å². The van der Waals surface area contributed by atoms with Crippen LogP contribution in [0.2, 0.25) is 0 Å². The number of carbonyl (C=O) groups excluding carboxylic acids is 1. The highest BCUT2D eigenvalue weighted by Gasteiger charge is 2.13. The summed E-state index contributed by atoms with van der Waals surface area (Å²) in [6.07, 6.45) is 0. The second-order valence-electron chi connectivity index (χ2n) is 4.70. The zero-order chi connectivity index (χ0) is 17.0. The fraction of sp³-hybridized carbons (Fsp3) is 0.0667. The fourth-order valence-corrected chi connectivity index (χ4v) is 1.96. The quantitative estimate of drug-likeness (QED) is 0.512. The first-order chi connectivity index (χ1) is 10.9. The molecule has 1 amide bonds. The molecule has 0 bridgehead atoms. The molecule has 2 aromatic rings. The number of nitro benzene ring substituents is 1. The molecule has 6 nitrogen and oxygen atoms in total. The number of nitrogens with zero attached hydrogens (tertiary/aromatic N) is 1. The second kappa shape index (κ2) is 6.93. The highest BCUT2D eigenvalue weighted by Crippen LogP contribution is 2.20. The molecule has 0 spiro atoms. The van der Waals surface area contributed by atoms with Gasteiger partial charge in [-0.15, -0.1) is 0 Å². The van der Waals surface area contributed by atoms with E-state index < -0.39 is 16.6 Å². The largest absolute Gasteiger partial charge is 0.330 e. The number of hydrogen-bond acceptors (Lipinski definition) is 4. The van der Waals surface area contributed by atoms with Crippen molar-refractivity contribution in [2.45, 2.75) is 6.92 Å². The highest BCUT2D eigenvalue weighted by atomic mass is 32.1. The Balaban J connectivity index is 2.03. The summed E-state index contributed by atoms with van der Waals surface area (Å²) < 4.78 is 13.7. The molecule has 0 radical (unpaired) electrons. The smallest absolute Gasteiger partial charge is 0.272 e. The number of benzene rings is 2. The Morgan fingerprint density at radius 3 is 2.43 bits per heavy atom. The molecule has 0 saturated carbocycles. The number of nitro groups is 1. The van der Waals surface area contributed by atoms with Gasteiger partial charge in [0.2, 0.25) is 0 Å². The molecule has 8 heteroatoms. The summed E-state index contributed by atoms with van der Waals surface area (Å²) >= 11 is 4.94. The Morgan fingerprint density at radius 2 is 1.87 bits per heavy atom. The molecule has 23 heavy (non-hydrogen) atoms. The standard InChI is InChI=1S/C15H12FN3O3S/c1-9-2-4-10(5-3-9)14(20)18-15(23)17-13-7-6-11(19(21)22)8-12(13)16/h2-8H,1H3,(H2,17,18,20,23). The molecule has 0 aromatic heterocycles. The monoisotopic (exact) mass is 333 g/mol. The molecule has 0 saturated heterocycles. The number of halogens is 1. The van der Waals surface area contributed by atoms with Gasteiger partial charge < -0.3 is 5.32 Å². The predicted octanol–water partition coefficient (Wildman–Crippen LogP) is 3.17. The maximum atomic E-state index is 13.7. The van der Waals surface area contributed by atoms with Crippen LogP contribution in [0.5, 0.6) is 0 Å². The maximum Gasteiger partial charge on any atom is 0.272 e. The number of aryl methyl sites for hydroxylation is 1. The van der Waals surface area contributed by atoms with Crippen molar-refractivity contribution in [3.63, 3.8) is 0 Å². The lowest BCUT2D eigenvalue weighted by atomic mass is 10.1. The highest BCUT2D eigenvalue weighted by molar-refractivity contribution is 7.80. The summed E-state index contributed by atoms with van der Waals surface area (Å²) in [4.78, 5) is 21.8. The topological polar surface area (TPSA) is 84.3 Å². The van der Waals surface area contributed by atoms with Crippen molar-refractivity contribution in [2.24, 2.45) is 0 Å². The minimum atomic E-state index is -0.842. The summed E-state index contributed by atoms with van der Waals surface area (Å²) in [7, 11) is 0. The summed E-state index contributed by atoms with van der Waals surface area (Å²) in [5.74, 6) is -1.28. The molecule has 0 fully saturated rings. The van der Waals surface area contributed by atoms with Crippen molar-refractivity contribution < 1.29 is 14.1 Å². The molecule has 0 aliphatic carbocycles. The zero-order valence-corrected chi connectivity index (χ0v) is 12.8. The zero-order valence-electron chi connectivity index (χ0n) is 12.0. The molecule has 0 unspecified atom stereocenters. The van der Waals surface area contributed by atoms with Crippen LogP contribution in [0.4, 0.5) is 15.8 Å². The van der Waals surface area contributed by atoms with Crippen molar-refractivity contribution in [1.82, 2.24) is 5.32 Å². The van der Waals surface area contributed by atoms with Crippen LogP contribution in [0.25, 0.3) is 0 Å². The fourth-order valence-electron chi connectivity index (χ4n) is 1.75. The van der Waals surface area contributed by atoms with Gasteiger partial charge in [0.25, 0.3) is 11.6 Å². The summed E-state index contributed by atoms with van der Waals surface area (Å²) in [6, 6.07) is 9.92. The van der Waals surface area contributed by atoms with E-state index in [1.165, 1.54) is 6.07 Å². The Morgan fingerprint density at radius 1 is 1.22 bits per heavy atom. The van der Waals surface area contributed by atoms with Gasteiger partial charge in [0, 0.05) is 11.6 Å². The SMILES string of the molecule is Cc1ccc(C(=O)NC(=S)Nc2ccc([N+](=O)[O-])cc2F)cc1. The number of rotatable bonds is 3. The molecule has 2 aromatic carbocycles. The van der Waals surface area contributed by atoms with E-state index >= 15 is 0 Å². The molecule has 0 aliphatic rings. The molecule has 118 valence electrons. The van der Waals surface area contributed by atoms with Crippen LogP contribution < -0.4 is 10.6 Å². The minimum Gasteiger partial charge on any atom is -0.330 e. The number of thiocarbonyl (C=S) groups is 1. The number of non-ortho nitro benzene ring substituents is 1. The van der Waals surface area contributed by atoms with Crippen LogP contribution in [-0.4, -0.2) is 15.9 Å². The van der Waals surface area contributed by atoms with Crippen molar-refractivity contribution in [1.29, 1.82) is 0 Å². The molecular formula is C15H12FN3O3S. The van der Waals surface area contributed by atoms with Gasteiger partial charge in [-0.3, -0.25) is 20.2 Å². The first-order valence-electron chi connectivity index (χ1n) is 6.50. The lowest BCUT2D eigenvalue weighted by Crippen LogP contribution is -2.34. The van der Waals surface area contributed by atoms with Crippen LogP contribution in [0, 0.1) is 22.9 Å². The third-order valence-electron chi connectivity index (χ3n) is 2.95. The van der Waals surface area contributed by atoms with Crippen LogP contribution in [0.3, 0.4) is 0 Å². The van der Waals surface area contributed by atoms with E-state index in [0.717, 1.165) is 17.7 Å². The average molecular weight is 333 g/mol. The van der Waals surface area contributed by atoms with Gasteiger partial charge in [-0.05, 0) is 37.3 Å². The van der Waals surface area contributed by atoms with Gasteiger partial charge in [0.1, 0.15) is 0 Å². The normalized spacial score (nSPS) is 10.0. The summed E-state index contributed by atoms with van der Waals surface area (Å²) in [5, 5.41) is 15.3. The molecule has 2 rings (SSSR count). The van der Waals surface area contributed by atoms with Crippen LogP contribution in [0.1, 0.15) is 15.9 Å². The Bertz CT molecular complexity index is 778. The Hall–Kier alpha value is -2.87.